The quantitative estimate of drug-likeness (QED) is 0.824. The second kappa shape index (κ2) is 4.79. The molecule has 0 radical (unpaired) electrons. The average molecular weight is 270 g/mol. The zero-order valence-electron chi connectivity index (χ0n) is 9.26. The molecule has 7 heteroatoms. The van der Waals surface area contributed by atoms with Crippen LogP contribution in [0.3, 0.4) is 0 Å². The van der Waals surface area contributed by atoms with Crippen LogP contribution < -0.4 is 10.5 Å². The lowest BCUT2D eigenvalue weighted by atomic mass is 10.3. The minimum atomic E-state index is -3.81. The molecular formula is C11H11FN2O3S. The standard InChI is InChI=1S/C11H11FN2O3S/c12-8-4-9(13)6-11(5-8)18(15,16)14-7-10-2-1-3-17-10/h1-6,14H,7,13H2. The molecular weight excluding hydrogens is 259 g/mol. The van der Waals surface area contributed by atoms with Gasteiger partial charge in [0, 0.05) is 5.69 Å². The maximum atomic E-state index is 13.1. The summed E-state index contributed by atoms with van der Waals surface area (Å²) in [5.74, 6) is -0.240. The van der Waals surface area contributed by atoms with E-state index in [1.54, 1.807) is 12.1 Å². The molecule has 0 bridgehead atoms. The minimum Gasteiger partial charge on any atom is -0.468 e. The number of anilines is 1. The maximum Gasteiger partial charge on any atom is 0.241 e. The summed E-state index contributed by atoms with van der Waals surface area (Å²) >= 11 is 0. The number of nitrogens with one attached hydrogen (secondary N) is 1. The van der Waals surface area contributed by atoms with E-state index in [1.165, 1.54) is 12.3 Å². The third-order valence-electron chi connectivity index (χ3n) is 2.22. The molecule has 0 atom stereocenters. The fourth-order valence-corrected chi connectivity index (χ4v) is 2.46. The molecule has 0 aliphatic heterocycles. The second-order valence-electron chi connectivity index (χ2n) is 3.62. The number of rotatable bonds is 4. The first-order chi connectivity index (χ1) is 8.47. The van der Waals surface area contributed by atoms with Crippen molar-refractivity contribution < 1.29 is 17.2 Å². The number of hydrogen-bond acceptors (Lipinski definition) is 4. The maximum absolute atomic E-state index is 13.1. The average Bonchev–Trinajstić information content (AvgIpc) is 2.78. The van der Waals surface area contributed by atoms with Crippen LogP contribution in [-0.2, 0) is 16.6 Å². The van der Waals surface area contributed by atoms with E-state index in [0.717, 1.165) is 12.1 Å². The number of nitrogen functional groups attached to an aromatic ring is 1. The van der Waals surface area contributed by atoms with Crippen LogP contribution in [0, 0.1) is 5.82 Å². The summed E-state index contributed by atoms with van der Waals surface area (Å²) in [5.41, 5.74) is 5.45. The Labute approximate surface area is 103 Å². The van der Waals surface area contributed by atoms with Crippen molar-refractivity contribution in [3.8, 4) is 0 Å². The highest BCUT2D eigenvalue weighted by molar-refractivity contribution is 7.89. The first-order valence-electron chi connectivity index (χ1n) is 5.05. The van der Waals surface area contributed by atoms with Crippen molar-refractivity contribution in [2.45, 2.75) is 11.4 Å². The summed E-state index contributed by atoms with van der Waals surface area (Å²) in [6.45, 7) is -0.00818. The molecule has 1 heterocycles. The predicted molar refractivity (Wildman–Crippen MR) is 63.5 cm³/mol. The van der Waals surface area contributed by atoms with Crippen molar-refractivity contribution in [3.63, 3.8) is 0 Å². The molecule has 18 heavy (non-hydrogen) atoms. The van der Waals surface area contributed by atoms with E-state index >= 15 is 0 Å². The third-order valence-corrected chi connectivity index (χ3v) is 3.60. The van der Waals surface area contributed by atoms with Crippen molar-refractivity contribution in [2.24, 2.45) is 0 Å². The Hall–Kier alpha value is -1.86. The fourth-order valence-electron chi connectivity index (χ4n) is 1.40. The molecule has 1 aromatic heterocycles. The van der Waals surface area contributed by atoms with E-state index in [0.29, 0.717) is 5.76 Å². The van der Waals surface area contributed by atoms with Crippen molar-refractivity contribution in [2.75, 3.05) is 5.73 Å². The molecule has 0 saturated carbocycles. The van der Waals surface area contributed by atoms with Crippen LogP contribution in [0.25, 0.3) is 0 Å². The molecule has 0 amide bonds. The molecule has 0 aliphatic rings. The molecule has 5 nitrogen and oxygen atoms in total. The number of nitrogens with two attached hydrogens (primary N) is 1. The molecule has 96 valence electrons. The molecule has 0 spiro atoms. The fraction of sp³-hybridized carbons (Fsp3) is 0.0909. The summed E-state index contributed by atoms with van der Waals surface area (Å²) in [7, 11) is -3.81. The highest BCUT2D eigenvalue weighted by Crippen LogP contribution is 2.16. The van der Waals surface area contributed by atoms with Gasteiger partial charge in [-0.1, -0.05) is 0 Å². The Morgan fingerprint density at radius 2 is 2.11 bits per heavy atom. The first-order valence-corrected chi connectivity index (χ1v) is 6.54. The van der Waals surface area contributed by atoms with Crippen molar-refractivity contribution >= 4 is 15.7 Å². The molecule has 2 rings (SSSR count). The molecule has 0 aliphatic carbocycles. The van der Waals surface area contributed by atoms with Gasteiger partial charge in [0.25, 0.3) is 0 Å². The normalized spacial score (nSPS) is 11.6. The summed E-state index contributed by atoms with van der Waals surface area (Å²) in [6, 6.07) is 6.41. The molecule has 3 N–H and O–H groups in total. The van der Waals surface area contributed by atoms with Gasteiger partial charge in [-0.25, -0.2) is 17.5 Å². The van der Waals surface area contributed by atoms with Gasteiger partial charge in [0.15, 0.2) is 0 Å². The monoisotopic (exact) mass is 270 g/mol. The van der Waals surface area contributed by atoms with Gasteiger partial charge in [-0.2, -0.15) is 0 Å². The van der Waals surface area contributed by atoms with Crippen molar-refractivity contribution in [1.29, 1.82) is 0 Å². The first kappa shape index (κ1) is 12.6. The lowest BCUT2D eigenvalue weighted by Gasteiger charge is -2.06. The van der Waals surface area contributed by atoms with Gasteiger partial charge in [-0.3, -0.25) is 0 Å². The number of furan rings is 1. The Kier molecular flexibility index (Phi) is 3.35. The zero-order chi connectivity index (χ0) is 13.2. The molecule has 0 fully saturated rings. The van der Waals surface area contributed by atoms with Gasteiger partial charge in [0.1, 0.15) is 11.6 Å². The predicted octanol–water partition coefficient (Wildman–Crippen LogP) is 1.48. The van der Waals surface area contributed by atoms with Crippen LogP contribution in [0.1, 0.15) is 5.76 Å². The Morgan fingerprint density at radius 3 is 2.72 bits per heavy atom. The van der Waals surface area contributed by atoms with Crippen LogP contribution in [0.2, 0.25) is 0 Å². The van der Waals surface area contributed by atoms with E-state index in [1.807, 2.05) is 0 Å². The van der Waals surface area contributed by atoms with Gasteiger partial charge < -0.3 is 10.2 Å². The minimum absolute atomic E-state index is 0.00818. The summed E-state index contributed by atoms with van der Waals surface area (Å²) in [6.07, 6.45) is 1.43. The highest BCUT2D eigenvalue weighted by Gasteiger charge is 2.15. The number of benzene rings is 1. The molecule has 1 aromatic carbocycles. The number of halogens is 1. The summed E-state index contributed by atoms with van der Waals surface area (Å²) in [4.78, 5) is -0.216. The van der Waals surface area contributed by atoms with E-state index < -0.39 is 15.8 Å². The molecule has 2 aromatic rings. The van der Waals surface area contributed by atoms with Gasteiger partial charge >= 0.3 is 0 Å². The Morgan fingerprint density at radius 1 is 1.33 bits per heavy atom. The van der Waals surface area contributed by atoms with E-state index in [2.05, 4.69) is 4.72 Å². The van der Waals surface area contributed by atoms with Gasteiger partial charge in [0.05, 0.1) is 17.7 Å². The second-order valence-corrected chi connectivity index (χ2v) is 5.39. The van der Waals surface area contributed by atoms with Crippen LogP contribution in [-0.4, -0.2) is 8.42 Å². The zero-order valence-corrected chi connectivity index (χ0v) is 10.1. The largest absolute Gasteiger partial charge is 0.468 e. The number of sulfonamides is 1. The topological polar surface area (TPSA) is 85.3 Å². The molecule has 0 unspecified atom stereocenters. The van der Waals surface area contributed by atoms with E-state index in [4.69, 9.17) is 10.2 Å². The van der Waals surface area contributed by atoms with Crippen molar-refractivity contribution in [1.82, 2.24) is 4.72 Å². The lowest BCUT2D eigenvalue weighted by molar-refractivity contribution is 0.498. The Balaban J connectivity index is 2.20. The third kappa shape index (κ3) is 2.88. The number of hydrogen-bond donors (Lipinski definition) is 2. The molecule has 0 saturated heterocycles. The van der Waals surface area contributed by atoms with Crippen LogP contribution in [0.5, 0.6) is 0 Å². The van der Waals surface area contributed by atoms with Crippen molar-refractivity contribution in [3.05, 3.63) is 48.2 Å². The lowest BCUT2D eigenvalue weighted by Crippen LogP contribution is -2.23. The van der Waals surface area contributed by atoms with Crippen LogP contribution in [0.15, 0.2) is 45.9 Å². The van der Waals surface area contributed by atoms with Crippen LogP contribution in [0.4, 0.5) is 10.1 Å². The SMILES string of the molecule is Nc1cc(F)cc(S(=O)(=O)NCc2ccco2)c1. The van der Waals surface area contributed by atoms with E-state index in [9.17, 15) is 12.8 Å². The van der Waals surface area contributed by atoms with Crippen LogP contribution >= 0.6 is 0 Å². The highest BCUT2D eigenvalue weighted by atomic mass is 32.2. The van der Waals surface area contributed by atoms with Gasteiger partial charge in [-0.15, -0.1) is 0 Å². The van der Waals surface area contributed by atoms with E-state index in [-0.39, 0.29) is 17.1 Å². The summed E-state index contributed by atoms with van der Waals surface area (Å²) in [5, 5.41) is 0. The smallest absolute Gasteiger partial charge is 0.241 e. The van der Waals surface area contributed by atoms with Gasteiger partial charge in [0.2, 0.25) is 10.0 Å². The van der Waals surface area contributed by atoms with Gasteiger partial charge in [-0.05, 0) is 30.3 Å². The summed E-state index contributed by atoms with van der Waals surface area (Å²) < 4.78 is 44.1. The Bertz CT molecular complexity index is 618.